The normalized spacial score (nSPS) is 12.2. The lowest BCUT2D eigenvalue weighted by Gasteiger charge is -2.08. The Labute approximate surface area is 106 Å². The molecule has 0 saturated carbocycles. The Morgan fingerprint density at radius 1 is 1.38 bits per heavy atom. The fourth-order valence-corrected chi connectivity index (χ4v) is 1.42. The van der Waals surface area contributed by atoms with Crippen molar-refractivity contribution >= 4 is 29.1 Å². The molecule has 1 N–H and O–H groups in total. The van der Waals surface area contributed by atoms with E-state index in [0.29, 0.717) is 18.0 Å². The summed E-state index contributed by atoms with van der Waals surface area (Å²) in [5.41, 5.74) is 0.949. The van der Waals surface area contributed by atoms with Crippen LogP contribution in [0.15, 0.2) is 24.3 Å². The highest BCUT2D eigenvalue weighted by atomic mass is 35.5. The second kappa shape index (κ2) is 6.77. The second-order valence-corrected chi connectivity index (χ2v) is 4.67. The Morgan fingerprint density at radius 2 is 2.00 bits per heavy atom. The maximum absolute atomic E-state index is 11.5. The van der Waals surface area contributed by atoms with Gasteiger partial charge in [-0.15, -0.1) is 11.6 Å². The summed E-state index contributed by atoms with van der Waals surface area (Å²) in [6.45, 7) is 2.51. The minimum Gasteiger partial charge on any atom is -0.354 e. The molecule has 1 unspecified atom stereocenters. The number of carbonyl (C=O) groups is 1. The SMILES string of the molecule is CCC(Cl)CNC(=O)Cc1ccc(Cl)cc1. The number of alkyl halides is 1. The summed E-state index contributed by atoms with van der Waals surface area (Å²) in [4.78, 5) is 11.5. The first-order valence-electron chi connectivity index (χ1n) is 5.27. The molecule has 1 aromatic rings. The van der Waals surface area contributed by atoms with Gasteiger partial charge >= 0.3 is 0 Å². The average Bonchev–Trinajstić information content (AvgIpc) is 2.29. The van der Waals surface area contributed by atoms with E-state index in [0.717, 1.165) is 12.0 Å². The summed E-state index contributed by atoms with van der Waals surface area (Å²) in [6.07, 6.45) is 1.22. The van der Waals surface area contributed by atoms with E-state index in [2.05, 4.69) is 5.32 Å². The van der Waals surface area contributed by atoms with Gasteiger partial charge in [-0.05, 0) is 24.1 Å². The van der Waals surface area contributed by atoms with Crippen LogP contribution in [0.5, 0.6) is 0 Å². The van der Waals surface area contributed by atoms with Gasteiger partial charge < -0.3 is 5.32 Å². The van der Waals surface area contributed by atoms with Crippen molar-refractivity contribution in [2.24, 2.45) is 0 Å². The molecular formula is C12H15Cl2NO. The fraction of sp³-hybridized carbons (Fsp3) is 0.417. The van der Waals surface area contributed by atoms with Crippen LogP contribution in [0, 0.1) is 0 Å². The van der Waals surface area contributed by atoms with Crippen LogP contribution in [-0.2, 0) is 11.2 Å². The summed E-state index contributed by atoms with van der Waals surface area (Å²) in [6, 6.07) is 7.25. The molecule has 0 aliphatic carbocycles. The number of benzene rings is 1. The van der Waals surface area contributed by atoms with Gasteiger partial charge in [-0.1, -0.05) is 30.7 Å². The van der Waals surface area contributed by atoms with Crippen LogP contribution in [0.1, 0.15) is 18.9 Å². The van der Waals surface area contributed by atoms with E-state index in [1.165, 1.54) is 0 Å². The highest BCUT2D eigenvalue weighted by Gasteiger charge is 2.06. The smallest absolute Gasteiger partial charge is 0.224 e. The number of hydrogen-bond acceptors (Lipinski definition) is 1. The zero-order valence-corrected chi connectivity index (χ0v) is 10.7. The van der Waals surface area contributed by atoms with E-state index in [9.17, 15) is 4.79 Å². The molecule has 0 bridgehead atoms. The monoisotopic (exact) mass is 259 g/mol. The third-order valence-electron chi connectivity index (χ3n) is 2.24. The molecule has 1 aromatic carbocycles. The van der Waals surface area contributed by atoms with Crippen LogP contribution in [0.25, 0.3) is 0 Å². The third-order valence-corrected chi connectivity index (χ3v) is 2.96. The predicted octanol–water partition coefficient (Wildman–Crippen LogP) is 3.02. The van der Waals surface area contributed by atoms with Crippen LogP contribution in [-0.4, -0.2) is 17.8 Å². The molecule has 16 heavy (non-hydrogen) atoms. The first-order valence-corrected chi connectivity index (χ1v) is 6.08. The van der Waals surface area contributed by atoms with E-state index >= 15 is 0 Å². The van der Waals surface area contributed by atoms with Crippen LogP contribution in [0.4, 0.5) is 0 Å². The molecule has 1 rings (SSSR count). The van der Waals surface area contributed by atoms with Gasteiger partial charge in [-0.2, -0.15) is 0 Å². The van der Waals surface area contributed by atoms with E-state index in [4.69, 9.17) is 23.2 Å². The van der Waals surface area contributed by atoms with Crippen molar-refractivity contribution < 1.29 is 4.79 Å². The molecule has 1 amide bonds. The van der Waals surface area contributed by atoms with Crippen LogP contribution >= 0.6 is 23.2 Å². The van der Waals surface area contributed by atoms with Gasteiger partial charge in [0.15, 0.2) is 0 Å². The first kappa shape index (κ1) is 13.3. The third kappa shape index (κ3) is 4.86. The molecular weight excluding hydrogens is 245 g/mol. The van der Waals surface area contributed by atoms with Gasteiger partial charge in [-0.3, -0.25) is 4.79 Å². The van der Waals surface area contributed by atoms with Gasteiger partial charge in [-0.25, -0.2) is 0 Å². The molecule has 0 radical (unpaired) electrons. The largest absolute Gasteiger partial charge is 0.354 e. The number of halogens is 2. The minimum atomic E-state index is -0.0126. The topological polar surface area (TPSA) is 29.1 Å². The van der Waals surface area contributed by atoms with Gasteiger partial charge in [0.1, 0.15) is 0 Å². The Hall–Kier alpha value is -0.730. The van der Waals surface area contributed by atoms with Crippen molar-refractivity contribution in [3.8, 4) is 0 Å². The molecule has 0 aliphatic rings. The van der Waals surface area contributed by atoms with Crippen LogP contribution in [0.2, 0.25) is 5.02 Å². The van der Waals surface area contributed by atoms with Crippen LogP contribution in [0.3, 0.4) is 0 Å². The van der Waals surface area contributed by atoms with Crippen molar-refractivity contribution in [2.75, 3.05) is 6.54 Å². The lowest BCUT2D eigenvalue weighted by atomic mass is 10.1. The summed E-state index contributed by atoms with van der Waals surface area (Å²) >= 11 is 11.7. The van der Waals surface area contributed by atoms with Crippen molar-refractivity contribution in [2.45, 2.75) is 25.1 Å². The molecule has 0 spiro atoms. The van der Waals surface area contributed by atoms with Crippen molar-refractivity contribution in [3.63, 3.8) is 0 Å². The Balaban J connectivity index is 2.37. The van der Waals surface area contributed by atoms with E-state index in [-0.39, 0.29) is 11.3 Å². The molecule has 0 aromatic heterocycles. The molecule has 4 heteroatoms. The Kier molecular flexibility index (Phi) is 5.64. The molecule has 0 heterocycles. The number of carbonyl (C=O) groups excluding carboxylic acids is 1. The molecule has 0 saturated heterocycles. The number of hydrogen-bond donors (Lipinski definition) is 1. The fourth-order valence-electron chi connectivity index (χ4n) is 1.22. The molecule has 2 nitrogen and oxygen atoms in total. The molecule has 0 aliphatic heterocycles. The molecule has 1 atom stereocenters. The highest BCUT2D eigenvalue weighted by molar-refractivity contribution is 6.30. The highest BCUT2D eigenvalue weighted by Crippen LogP contribution is 2.09. The number of nitrogens with one attached hydrogen (secondary N) is 1. The summed E-state index contributed by atoms with van der Waals surface area (Å²) in [5, 5.41) is 3.48. The Morgan fingerprint density at radius 3 is 2.56 bits per heavy atom. The van der Waals surface area contributed by atoms with Gasteiger partial charge in [0.05, 0.1) is 11.8 Å². The van der Waals surface area contributed by atoms with E-state index < -0.39 is 0 Å². The van der Waals surface area contributed by atoms with Crippen molar-refractivity contribution in [1.29, 1.82) is 0 Å². The van der Waals surface area contributed by atoms with Crippen LogP contribution < -0.4 is 5.32 Å². The lowest BCUT2D eigenvalue weighted by molar-refractivity contribution is -0.120. The van der Waals surface area contributed by atoms with Crippen molar-refractivity contribution in [3.05, 3.63) is 34.9 Å². The zero-order valence-electron chi connectivity index (χ0n) is 9.17. The summed E-state index contributed by atoms with van der Waals surface area (Å²) in [5.74, 6) is -0.0126. The average molecular weight is 260 g/mol. The minimum absolute atomic E-state index is 0.00849. The maximum Gasteiger partial charge on any atom is 0.224 e. The van der Waals surface area contributed by atoms with Gasteiger partial charge in [0.2, 0.25) is 5.91 Å². The predicted molar refractivity (Wildman–Crippen MR) is 68.1 cm³/mol. The maximum atomic E-state index is 11.5. The molecule has 0 fully saturated rings. The number of amides is 1. The summed E-state index contributed by atoms with van der Waals surface area (Å²) in [7, 11) is 0. The first-order chi connectivity index (χ1) is 7.61. The molecule has 88 valence electrons. The summed E-state index contributed by atoms with van der Waals surface area (Å²) < 4.78 is 0. The quantitative estimate of drug-likeness (QED) is 0.810. The lowest BCUT2D eigenvalue weighted by Crippen LogP contribution is -2.30. The second-order valence-electron chi connectivity index (χ2n) is 3.61. The van der Waals surface area contributed by atoms with Crippen molar-refractivity contribution in [1.82, 2.24) is 5.32 Å². The van der Waals surface area contributed by atoms with E-state index in [1.807, 2.05) is 19.1 Å². The Bertz CT molecular complexity index is 337. The standard InChI is InChI=1S/C12H15Cl2NO/c1-2-10(13)8-15-12(16)7-9-3-5-11(14)6-4-9/h3-6,10H,2,7-8H2,1H3,(H,15,16). The van der Waals surface area contributed by atoms with Gasteiger partial charge in [0, 0.05) is 11.6 Å². The van der Waals surface area contributed by atoms with Gasteiger partial charge in [0.25, 0.3) is 0 Å². The zero-order chi connectivity index (χ0) is 12.0. The van der Waals surface area contributed by atoms with E-state index in [1.54, 1.807) is 12.1 Å². The number of rotatable bonds is 5.